The third-order valence-corrected chi connectivity index (χ3v) is 5.66. The van der Waals surface area contributed by atoms with Crippen molar-refractivity contribution >= 4 is 30.5 Å². The predicted octanol–water partition coefficient (Wildman–Crippen LogP) is 2.81. The molecule has 0 saturated heterocycles. The maximum Gasteiger partial charge on any atom is 0.392 e. The summed E-state index contributed by atoms with van der Waals surface area (Å²) in [4.78, 5) is 39.0. The lowest BCUT2D eigenvalue weighted by atomic mass is 10.1. The first-order chi connectivity index (χ1) is 14.4. The Morgan fingerprint density at radius 3 is 2.67 bits per heavy atom. The van der Waals surface area contributed by atoms with Gasteiger partial charge in [-0.3, -0.25) is 13.8 Å². The van der Waals surface area contributed by atoms with Gasteiger partial charge in [-0.15, -0.1) is 0 Å². The number of imidazole rings is 1. The van der Waals surface area contributed by atoms with E-state index in [1.807, 2.05) is 34.7 Å². The Bertz CT molecular complexity index is 1320. The van der Waals surface area contributed by atoms with Crippen LogP contribution >= 0.6 is 7.60 Å². The molecule has 9 nitrogen and oxygen atoms in total. The number of carbonyl (C=O) groups is 1. The van der Waals surface area contributed by atoms with Crippen molar-refractivity contribution in [1.82, 2.24) is 14.4 Å². The maximum atomic E-state index is 12.0. The van der Waals surface area contributed by atoms with Crippen molar-refractivity contribution in [2.45, 2.75) is 12.8 Å². The number of aromatic nitrogens is 3. The number of benzene rings is 1. The van der Waals surface area contributed by atoms with Crippen LogP contribution < -0.4 is 10.8 Å². The van der Waals surface area contributed by atoms with Crippen LogP contribution in [0.2, 0.25) is 0 Å². The fourth-order valence-electron chi connectivity index (χ4n) is 3.23. The van der Waals surface area contributed by atoms with Crippen molar-refractivity contribution in [3.05, 3.63) is 54.9 Å². The minimum absolute atomic E-state index is 0.00768. The zero-order chi connectivity index (χ0) is 20.9. The van der Waals surface area contributed by atoms with Gasteiger partial charge in [0.15, 0.2) is 5.82 Å². The first kappa shape index (κ1) is 18.7. The van der Waals surface area contributed by atoms with Crippen LogP contribution in [0, 0.1) is 5.92 Å². The van der Waals surface area contributed by atoms with Gasteiger partial charge in [0.1, 0.15) is 5.65 Å². The van der Waals surface area contributed by atoms with E-state index in [-0.39, 0.29) is 17.7 Å². The molecule has 1 aromatic carbocycles. The molecule has 3 heterocycles. The molecule has 1 aliphatic rings. The monoisotopic (exact) mass is 424 g/mol. The quantitative estimate of drug-likeness (QED) is 0.420. The van der Waals surface area contributed by atoms with Crippen LogP contribution in [0.1, 0.15) is 12.8 Å². The third kappa shape index (κ3) is 3.54. The molecule has 3 aromatic heterocycles. The van der Waals surface area contributed by atoms with Gasteiger partial charge in [0, 0.05) is 11.5 Å². The Kier molecular flexibility index (Phi) is 4.32. The number of nitrogens with one attached hydrogen (secondary N) is 1. The van der Waals surface area contributed by atoms with Gasteiger partial charge in [0.25, 0.3) is 0 Å². The minimum atomic E-state index is -4.51. The molecule has 3 N–H and O–H groups in total. The Hall–Kier alpha value is -3.26. The predicted molar refractivity (Wildman–Crippen MR) is 109 cm³/mol. The lowest BCUT2D eigenvalue weighted by molar-refractivity contribution is -0.117. The van der Waals surface area contributed by atoms with Crippen LogP contribution in [-0.4, -0.2) is 30.1 Å². The molecular weight excluding hydrogens is 407 g/mol. The Balaban J connectivity index is 1.51. The molecule has 4 aromatic rings. The van der Waals surface area contributed by atoms with Crippen molar-refractivity contribution in [2.75, 3.05) is 5.32 Å². The summed E-state index contributed by atoms with van der Waals surface area (Å²) < 4.78 is 18.5. The summed E-state index contributed by atoms with van der Waals surface area (Å²) in [5.41, 5.74) is 2.44. The highest BCUT2D eigenvalue weighted by Crippen LogP contribution is 2.35. The highest BCUT2D eigenvalue weighted by atomic mass is 31.2. The standard InChI is InChI=1S/C20H17N4O5P/c25-19(12-7-8-12)23-16-11-24-15(5-2-6-17(24)22-16)13-3-1-4-14(9-13)20-21-10-18(29-20)30(26,27)28/h1-6,9-12H,7-8H2,(H,23,25)(H2,26,27,28). The number of oxazole rings is 1. The number of nitrogens with zero attached hydrogens (tertiary/aromatic N) is 3. The van der Waals surface area contributed by atoms with Crippen LogP contribution in [0.5, 0.6) is 0 Å². The Morgan fingerprint density at radius 1 is 1.17 bits per heavy atom. The summed E-state index contributed by atoms with van der Waals surface area (Å²) in [7, 11) is -4.51. The zero-order valence-electron chi connectivity index (χ0n) is 15.6. The SMILES string of the molecule is O=C(Nc1cn2c(-c3cccc(-c4ncc(P(=O)(O)O)o4)c3)cccc2n1)C1CC1. The average Bonchev–Trinajstić information content (AvgIpc) is 3.29. The van der Waals surface area contributed by atoms with Gasteiger partial charge in [-0.2, -0.15) is 0 Å². The number of hydrogen-bond acceptors (Lipinski definition) is 5. The van der Waals surface area contributed by atoms with E-state index in [2.05, 4.69) is 15.3 Å². The van der Waals surface area contributed by atoms with Crippen LogP contribution in [0.15, 0.2) is 59.3 Å². The highest BCUT2D eigenvalue weighted by Gasteiger charge is 2.30. The molecule has 0 aliphatic heterocycles. The second-order valence-corrected chi connectivity index (χ2v) is 8.69. The van der Waals surface area contributed by atoms with Gasteiger partial charge < -0.3 is 19.5 Å². The summed E-state index contributed by atoms with van der Waals surface area (Å²) in [6, 6.07) is 12.9. The van der Waals surface area contributed by atoms with E-state index in [1.165, 1.54) is 0 Å². The summed E-state index contributed by atoms with van der Waals surface area (Å²) in [6.07, 6.45) is 4.65. The van der Waals surface area contributed by atoms with E-state index in [4.69, 9.17) is 4.42 Å². The molecule has 10 heteroatoms. The molecule has 1 aliphatic carbocycles. The molecule has 0 radical (unpaired) electrons. The van der Waals surface area contributed by atoms with Gasteiger partial charge in [-0.25, -0.2) is 9.97 Å². The topological polar surface area (TPSA) is 130 Å². The number of carbonyl (C=O) groups excluding carboxylic acids is 1. The Morgan fingerprint density at radius 2 is 1.93 bits per heavy atom. The second-order valence-electron chi connectivity index (χ2n) is 7.16. The van der Waals surface area contributed by atoms with Crippen molar-refractivity contribution in [3.63, 3.8) is 0 Å². The molecule has 5 rings (SSSR count). The van der Waals surface area contributed by atoms with Crippen molar-refractivity contribution in [2.24, 2.45) is 5.92 Å². The van der Waals surface area contributed by atoms with Crippen molar-refractivity contribution in [1.29, 1.82) is 0 Å². The Labute approximate surface area is 170 Å². The lowest BCUT2D eigenvalue weighted by Crippen LogP contribution is -2.13. The fourth-order valence-corrected chi connectivity index (χ4v) is 3.64. The minimum Gasteiger partial charge on any atom is -0.428 e. The lowest BCUT2D eigenvalue weighted by Gasteiger charge is -2.07. The largest absolute Gasteiger partial charge is 0.428 e. The van der Waals surface area contributed by atoms with Crippen molar-refractivity contribution in [3.8, 4) is 22.7 Å². The van der Waals surface area contributed by atoms with Crippen LogP contribution in [-0.2, 0) is 9.36 Å². The molecule has 0 spiro atoms. The van der Waals surface area contributed by atoms with Gasteiger partial charge in [-0.05, 0) is 42.7 Å². The van der Waals surface area contributed by atoms with Gasteiger partial charge in [0.2, 0.25) is 17.3 Å². The van der Waals surface area contributed by atoms with Crippen LogP contribution in [0.3, 0.4) is 0 Å². The number of rotatable bonds is 5. The van der Waals surface area contributed by atoms with Crippen molar-refractivity contribution < 1.29 is 23.6 Å². The van der Waals surface area contributed by atoms with Crippen LogP contribution in [0.4, 0.5) is 5.82 Å². The summed E-state index contributed by atoms with van der Waals surface area (Å²) in [6.45, 7) is 0. The molecule has 152 valence electrons. The molecule has 1 fully saturated rings. The maximum absolute atomic E-state index is 12.0. The van der Waals surface area contributed by atoms with Gasteiger partial charge >= 0.3 is 7.60 Å². The van der Waals surface area contributed by atoms with Gasteiger partial charge in [-0.1, -0.05) is 18.2 Å². The smallest absolute Gasteiger partial charge is 0.392 e. The summed E-state index contributed by atoms with van der Waals surface area (Å²) in [5.74, 6) is 0.691. The normalized spacial score (nSPS) is 14.2. The third-order valence-electron chi connectivity index (χ3n) is 4.88. The number of amides is 1. The molecule has 30 heavy (non-hydrogen) atoms. The second kappa shape index (κ2) is 6.91. The van der Waals surface area contributed by atoms with E-state index >= 15 is 0 Å². The molecule has 1 amide bonds. The van der Waals surface area contributed by atoms with E-state index < -0.39 is 13.1 Å². The first-order valence-corrected chi connectivity index (χ1v) is 10.9. The fraction of sp³-hybridized carbons (Fsp3) is 0.150. The highest BCUT2D eigenvalue weighted by molar-refractivity contribution is 7.59. The van der Waals surface area contributed by atoms with E-state index in [1.54, 1.807) is 18.3 Å². The molecule has 0 bridgehead atoms. The molecule has 0 atom stereocenters. The number of hydrogen-bond donors (Lipinski definition) is 3. The van der Waals surface area contributed by atoms with E-state index in [9.17, 15) is 19.1 Å². The molecular formula is C20H17N4O5P. The molecule has 1 saturated carbocycles. The van der Waals surface area contributed by atoms with Gasteiger partial charge in [0.05, 0.1) is 18.1 Å². The average molecular weight is 424 g/mol. The van der Waals surface area contributed by atoms with E-state index in [0.717, 1.165) is 30.3 Å². The summed E-state index contributed by atoms with van der Waals surface area (Å²) >= 11 is 0. The van der Waals surface area contributed by atoms with Crippen LogP contribution in [0.25, 0.3) is 28.4 Å². The number of fused-ring (bicyclic) bond motifs is 1. The zero-order valence-corrected chi connectivity index (χ0v) is 16.5. The number of anilines is 1. The molecule has 0 unspecified atom stereocenters. The first-order valence-electron chi connectivity index (χ1n) is 9.30. The van der Waals surface area contributed by atoms with E-state index in [0.29, 0.717) is 17.0 Å². The summed E-state index contributed by atoms with van der Waals surface area (Å²) in [5, 5.41) is 2.86. The number of pyridine rings is 1.